The van der Waals surface area contributed by atoms with Gasteiger partial charge in [0.2, 0.25) is 0 Å². The number of carbonyl (C=O) groups excluding carboxylic acids is 1. The van der Waals surface area contributed by atoms with Crippen LogP contribution in [0.2, 0.25) is 0 Å². The van der Waals surface area contributed by atoms with Crippen molar-refractivity contribution >= 4 is 16.6 Å². The highest BCUT2D eigenvalue weighted by Gasteiger charge is 2.09. The number of rotatable bonds is 5. The number of hydrogen-bond acceptors (Lipinski definition) is 3. The Hall–Kier alpha value is -1.74. The largest absolute Gasteiger partial charge is 0.314 e. The van der Waals surface area contributed by atoms with E-state index in [-0.39, 0.29) is 5.78 Å². The van der Waals surface area contributed by atoms with Gasteiger partial charge in [0, 0.05) is 42.4 Å². The third kappa shape index (κ3) is 2.93. The third-order valence-electron chi connectivity index (χ3n) is 2.89. The Labute approximate surface area is 107 Å². The van der Waals surface area contributed by atoms with Gasteiger partial charge < -0.3 is 5.32 Å². The molecule has 1 N–H and O–H groups in total. The molecule has 0 atom stereocenters. The van der Waals surface area contributed by atoms with Crippen LogP contribution in [-0.2, 0) is 0 Å². The molecule has 0 spiro atoms. The molecule has 18 heavy (non-hydrogen) atoms. The Kier molecular flexibility index (Phi) is 4.05. The number of pyridine rings is 1. The lowest BCUT2D eigenvalue weighted by Gasteiger charge is -2.08. The molecule has 1 aromatic heterocycles. The maximum Gasteiger partial charge on any atom is 0.164 e. The van der Waals surface area contributed by atoms with Crippen molar-refractivity contribution in [3.05, 3.63) is 42.2 Å². The van der Waals surface area contributed by atoms with Gasteiger partial charge in [-0.1, -0.05) is 32.0 Å². The minimum Gasteiger partial charge on any atom is -0.314 e. The Morgan fingerprint density at radius 3 is 2.94 bits per heavy atom. The Bertz CT molecular complexity index is 544. The lowest BCUT2D eigenvalue weighted by atomic mass is 10.0. The molecule has 0 saturated heterocycles. The van der Waals surface area contributed by atoms with Gasteiger partial charge in [0.25, 0.3) is 0 Å². The molecule has 2 rings (SSSR count). The van der Waals surface area contributed by atoms with Crippen LogP contribution >= 0.6 is 0 Å². The first-order valence-electron chi connectivity index (χ1n) is 6.28. The molecular weight excluding hydrogens is 224 g/mol. The molecular formula is C15H18N2O. The normalized spacial score (nSPS) is 11.1. The lowest BCUT2D eigenvalue weighted by Crippen LogP contribution is -2.25. The van der Waals surface area contributed by atoms with Crippen LogP contribution in [0, 0.1) is 0 Å². The van der Waals surface area contributed by atoms with Crippen LogP contribution in [0.4, 0.5) is 0 Å². The van der Waals surface area contributed by atoms with Crippen molar-refractivity contribution in [1.82, 2.24) is 10.3 Å². The number of nitrogens with zero attached hydrogens (tertiary/aromatic N) is 1. The second-order valence-electron chi connectivity index (χ2n) is 4.68. The maximum absolute atomic E-state index is 12.2. The highest BCUT2D eigenvalue weighted by Crippen LogP contribution is 2.18. The van der Waals surface area contributed by atoms with Crippen LogP contribution in [0.3, 0.4) is 0 Å². The van der Waals surface area contributed by atoms with Crippen LogP contribution in [-0.4, -0.2) is 23.4 Å². The predicted molar refractivity (Wildman–Crippen MR) is 73.8 cm³/mol. The topological polar surface area (TPSA) is 42.0 Å². The maximum atomic E-state index is 12.2. The van der Waals surface area contributed by atoms with Crippen molar-refractivity contribution in [3.63, 3.8) is 0 Å². The standard InChI is InChI=1S/C15H18N2O/c1-11(2)17-9-7-15(18)14-5-3-4-12-10-16-8-6-13(12)14/h3-6,8,10-11,17H,7,9H2,1-2H3. The third-order valence-corrected chi connectivity index (χ3v) is 2.89. The van der Waals surface area contributed by atoms with E-state index in [1.54, 1.807) is 12.4 Å². The number of hydrogen-bond donors (Lipinski definition) is 1. The number of benzene rings is 1. The summed E-state index contributed by atoms with van der Waals surface area (Å²) < 4.78 is 0. The SMILES string of the molecule is CC(C)NCCC(=O)c1cccc2cnccc12. The molecule has 2 aromatic rings. The summed E-state index contributed by atoms with van der Waals surface area (Å²) in [6, 6.07) is 8.09. The van der Waals surface area contributed by atoms with Crippen LogP contribution in [0.1, 0.15) is 30.6 Å². The fraction of sp³-hybridized carbons (Fsp3) is 0.333. The van der Waals surface area contributed by atoms with Crippen molar-refractivity contribution in [2.45, 2.75) is 26.3 Å². The first-order chi connectivity index (χ1) is 8.68. The number of aromatic nitrogens is 1. The summed E-state index contributed by atoms with van der Waals surface area (Å²) in [5.41, 5.74) is 0.792. The summed E-state index contributed by atoms with van der Waals surface area (Å²) >= 11 is 0. The van der Waals surface area contributed by atoms with E-state index in [0.717, 1.165) is 22.9 Å². The molecule has 3 nitrogen and oxygen atoms in total. The molecule has 3 heteroatoms. The zero-order chi connectivity index (χ0) is 13.0. The van der Waals surface area contributed by atoms with E-state index in [2.05, 4.69) is 24.1 Å². The van der Waals surface area contributed by atoms with Gasteiger partial charge >= 0.3 is 0 Å². The summed E-state index contributed by atoms with van der Waals surface area (Å²) in [5, 5.41) is 5.26. The molecule has 0 radical (unpaired) electrons. The molecule has 0 saturated carbocycles. The van der Waals surface area contributed by atoms with E-state index in [1.165, 1.54) is 0 Å². The highest BCUT2D eigenvalue weighted by molar-refractivity contribution is 6.07. The average Bonchev–Trinajstić information content (AvgIpc) is 2.37. The molecule has 0 fully saturated rings. The van der Waals surface area contributed by atoms with Crippen LogP contribution in [0.15, 0.2) is 36.7 Å². The molecule has 0 aliphatic carbocycles. The Morgan fingerprint density at radius 1 is 1.33 bits per heavy atom. The Morgan fingerprint density at radius 2 is 2.17 bits per heavy atom. The fourth-order valence-corrected chi connectivity index (χ4v) is 1.97. The van der Waals surface area contributed by atoms with Crippen molar-refractivity contribution in [3.8, 4) is 0 Å². The van der Waals surface area contributed by atoms with E-state index >= 15 is 0 Å². The summed E-state index contributed by atoms with van der Waals surface area (Å²) in [7, 11) is 0. The molecule has 0 aliphatic rings. The van der Waals surface area contributed by atoms with Gasteiger partial charge in [-0.25, -0.2) is 0 Å². The Balaban J connectivity index is 2.17. The molecule has 1 heterocycles. The second kappa shape index (κ2) is 5.74. The summed E-state index contributed by atoms with van der Waals surface area (Å²) in [4.78, 5) is 16.3. The first-order valence-corrected chi connectivity index (χ1v) is 6.28. The van der Waals surface area contributed by atoms with Gasteiger partial charge in [-0.3, -0.25) is 9.78 Å². The van der Waals surface area contributed by atoms with Gasteiger partial charge in [0.1, 0.15) is 0 Å². The molecule has 94 valence electrons. The van der Waals surface area contributed by atoms with Crippen LogP contribution < -0.4 is 5.32 Å². The van der Waals surface area contributed by atoms with Gasteiger partial charge in [0.05, 0.1) is 0 Å². The van der Waals surface area contributed by atoms with E-state index in [0.29, 0.717) is 12.5 Å². The molecule has 1 aromatic carbocycles. The van der Waals surface area contributed by atoms with Crippen LogP contribution in [0.5, 0.6) is 0 Å². The van der Waals surface area contributed by atoms with Gasteiger partial charge in [-0.05, 0) is 11.5 Å². The summed E-state index contributed by atoms with van der Waals surface area (Å²) in [6.45, 7) is 4.88. The van der Waals surface area contributed by atoms with Crippen molar-refractivity contribution < 1.29 is 4.79 Å². The second-order valence-corrected chi connectivity index (χ2v) is 4.68. The zero-order valence-corrected chi connectivity index (χ0v) is 10.8. The number of Topliss-reactive ketones (excluding diaryl/α,β-unsaturated/α-hetero) is 1. The summed E-state index contributed by atoms with van der Waals surface area (Å²) in [6.07, 6.45) is 4.05. The minimum absolute atomic E-state index is 0.181. The molecule has 0 unspecified atom stereocenters. The average molecular weight is 242 g/mol. The smallest absolute Gasteiger partial charge is 0.164 e. The van der Waals surface area contributed by atoms with Crippen molar-refractivity contribution in [2.75, 3.05) is 6.54 Å². The number of fused-ring (bicyclic) bond motifs is 1. The number of ketones is 1. The zero-order valence-electron chi connectivity index (χ0n) is 10.8. The van der Waals surface area contributed by atoms with E-state index < -0.39 is 0 Å². The highest BCUT2D eigenvalue weighted by atomic mass is 16.1. The molecule has 0 bridgehead atoms. The van der Waals surface area contributed by atoms with Gasteiger partial charge in [0.15, 0.2) is 5.78 Å². The van der Waals surface area contributed by atoms with Crippen LogP contribution in [0.25, 0.3) is 10.8 Å². The van der Waals surface area contributed by atoms with E-state index in [9.17, 15) is 4.79 Å². The number of nitrogens with one attached hydrogen (secondary N) is 1. The minimum atomic E-state index is 0.181. The monoisotopic (exact) mass is 242 g/mol. The fourth-order valence-electron chi connectivity index (χ4n) is 1.97. The van der Waals surface area contributed by atoms with Crippen molar-refractivity contribution in [1.29, 1.82) is 0 Å². The first kappa shape index (κ1) is 12.7. The van der Waals surface area contributed by atoms with E-state index in [1.807, 2.05) is 24.3 Å². The van der Waals surface area contributed by atoms with Crippen molar-refractivity contribution in [2.24, 2.45) is 0 Å². The predicted octanol–water partition coefficient (Wildman–Crippen LogP) is 2.81. The van der Waals surface area contributed by atoms with E-state index in [4.69, 9.17) is 0 Å². The van der Waals surface area contributed by atoms with Gasteiger partial charge in [-0.15, -0.1) is 0 Å². The quantitative estimate of drug-likeness (QED) is 0.820. The summed E-state index contributed by atoms with van der Waals surface area (Å²) in [5.74, 6) is 0.181. The van der Waals surface area contributed by atoms with Gasteiger partial charge in [-0.2, -0.15) is 0 Å². The lowest BCUT2D eigenvalue weighted by molar-refractivity contribution is 0.0983. The molecule has 0 amide bonds. The molecule has 0 aliphatic heterocycles. The number of carbonyl (C=O) groups is 1.